The van der Waals surface area contributed by atoms with Crippen molar-refractivity contribution in [2.24, 2.45) is 0 Å². The molecule has 1 fully saturated rings. The fourth-order valence-electron chi connectivity index (χ4n) is 0.986. The fraction of sp³-hybridized carbons (Fsp3) is 0.600. The largest absolute Gasteiger partial charge is 0.489 e. The predicted octanol–water partition coefficient (Wildman–Crippen LogP) is 2.03. The van der Waals surface area contributed by atoms with Gasteiger partial charge in [-0.05, 0) is 20.8 Å². The average molecular weight is 278 g/mol. The molecule has 0 aromatic rings. The molecule has 7 heteroatoms. The molecule has 1 aliphatic heterocycles. The average Bonchev–Trinajstić information content (AvgIpc) is 2.05. The molecule has 0 unspecified atom stereocenters. The first-order valence-corrected chi connectivity index (χ1v) is 6.58. The summed E-state index contributed by atoms with van der Waals surface area (Å²) in [6.45, 7) is 5.26. The van der Waals surface area contributed by atoms with Crippen LogP contribution < -0.4 is 0 Å². The molecule has 1 aliphatic rings. The molecular formula is C10H14O5S2. The second-order valence-corrected chi connectivity index (χ2v) is 7.02. The third-order valence-corrected chi connectivity index (χ3v) is 4.39. The zero-order valence-corrected chi connectivity index (χ0v) is 11.6. The Hall–Kier alpha value is -0.820. The molecule has 0 amide bonds. The van der Waals surface area contributed by atoms with Gasteiger partial charge >= 0.3 is 11.9 Å². The van der Waals surface area contributed by atoms with E-state index in [0.29, 0.717) is 4.24 Å². The van der Waals surface area contributed by atoms with Gasteiger partial charge in [0.1, 0.15) is 5.60 Å². The Bertz CT molecular complexity index is 361. The van der Waals surface area contributed by atoms with E-state index in [4.69, 9.17) is 14.6 Å². The number of hydrogen-bond donors (Lipinski definition) is 1. The Kier molecular flexibility index (Phi) is 4.37. The van der Waals surface area contributed by atoms with Crippen LogP contribution in [0.15, 0.2) is 10.00 Å². The summed E-state index contributed by atoms with van der Waals surface area (Å²) in [5, 5.41) is 8.71. The minimum Gasteiger partial charge on any atom is -0.489 e. The van der Waals surface area contributed by atoms with Crippen molar-refractivity contribution in [3.63, 3.8) is 0 Å². The van der Waals surface area contributed by atoms with Crippen LogP contribution >= 0.6 is 23.5 Å². The molecule has 0 aromatic carbocycles. The first kappa shape index (κ1) is 14.2. The van der Waals surface area contributed by atoms with Gasteiger partial charge in [0, 0.05) is 0 Å². The zero-order chi connectivity index (χ0) is 13.2. The molecule has 0 bridgehead atoms. The number of ether oxygens (including phenoxy) is 2. The predicted molar refractivity (Wildman–Crippen MR) is 66.5 cm³/mol. The SMILES string of the molecule is COC(C(=O)OC(C)(C)C)=C1SC(C(=O)O)S1. The highest BCUT2D eigenvalue weighted by molar-refractivity contribution is 8.39. The molecule has 1 saturated heterocycles. The summed E-state index contributed by atoms with van der Waals surface area (Å²) >= 11 is 2.17. The highest BCUT2D eigenvalue weighted by atomic mass is 32.3. The van der Waals surface area contributed by atoms with Crippen molar-refractivity contribution >= 4 is 35.5 Å². The van der Waals surface area contributed by atoms with E-state index >= 15 is 0 Å². The Labute approximate surface area is 108 Å². The van der Waals surface area contributed by atoms with E-state index in [1.54, 1.807) is 20.8 Å². The number of aliphatic carboxylic acids is 1. The lowest BCUT2D eigenvalue weighted by Gasteiger charge is -2.26. The van der Waals surface area contributed by atoms with Crippen molar-refractivity contribution in [3.05, 3.63) is 10.00 Å². The van der Waals surface area contributed by atoms with Gasteiger partial charge < -0.3 is 14.6 Å². The number of carbonyl (C=O) groups excluding carboxylic acids is 1. The number of hydrogen-bond acceptors (Lipinski definition) is 6. The second kappa shape index (κ2) is 5.22. The molecule has 0 radical (unpaired) electrons. The summed E-state index contributed by atoms with van der Waals surface area (Å²) in [4.78, 5) is 22.3. The lowest BCUT2D eigenvalue weighted by atomic mass is 10.2. The molecule has 0 aliphatic carbocycles. The summed E-state index contributed by atoms with van der Waals surface area (Å²) in [5.41, 5.74) is -0.604. The van der Waals surface area contributed by atoms with E-state index in [9.17, 15) is 9.59 Å². The molecule has 0 aromatic heterocycles. The van der Waals surface area contributed by atoms with Crippen LogP contribution in [-0.4, -0.2) is 34.3 Å². The van der Waals surface area contributed by atoms with Crippen LogP contribution in [0.3, 0.4) is 0 Å². The first-order chi connectivity index (χ1) is 7.74. The summed E-state index contributed by atoms with van der Waals surface area (Å²) in [6, 6.07) is 0. The lowest BCUT2D eigenvalue weighted by molar-refractivity contribution is -0.153. The molecule has 96 valence electrons. The van der Waals surface area contributed by atoms with Gasteiger partial charge in [0.2, 0.25) is 5.76 Å². The molecule has 0 saturated carbocycles. The number of carbonyl (C=O) groups is 2. The van der Waals surface area contributed by atoms with E-state index in [-0.39, 0.29) is 5.76 Å². The van der Waals surface area contributed by atoms with Crippen LogP contribution in [0.2, 0.25) is 0 Å². The van der Waals surface area contributed by atoms with E-state index in [0.717, 1.165) is 23.5 Å². The third kappa shape index (κ3) is 3.85. The molecule has 0 spiro atoms. The standard InChI is InChI=1S/C10H14O5S2/c1-10(2,3)15-7(13)5(14-4)8-16-9(17-8)6(11)12/h9H,1-4H3,(H,11,12). The number of carboxylic acid groups (broad SMARTS) is 1. The summed E-state index contributed by atoms with van der Waals surface area (Å²) < 4.78 is 10.1. The number of rotatable bonds is 3. The first-order valence-electron chi connectivity index (χ1n) is 4.82. The molecule has 1 heterocycles. The minimum atomic E-state index is -0.914. The molecular weight excluding hydrogens is 264 g/mol. The lowest BCUT2D eigenvalue weighted by Crippen LogP contribution is -2.27. The zero-order valence-electron chi connectivity index (χ0n) is 9.97. The quantitative estimate of drug-likeness (QED) is 0.481. The summed E-state index contributed by atoms with van der Waals surface area (Å²) in [7, 11) is 1.36. The number of carboxylic acids is 1. The van der Waals surface area contributed by atoms with Crippen molar-refractivity contribution in [3.8, 4) is 0 Å². The van der Waals surface area contributed by atoms with Gasteiger partial charge in [0.05, 0.1) is 11.3 Å². The molecule has 0 atom stereocenters. The monoisotopic (exact) mass is 278 g/mol. The van der Waals surface area contributed by atoms with Gasteiger partial charge in [-0.2, -0.15) is 0 Å². The van der Waals surface area contributed by atoms with Crippen molar-refractivity contribution < 1.29 is 24.2 Å². The third-order valence-electron chi connectivity index (χ3n) is 1.60. The summed E-state index contributed by atoms with van der Waals surface area (Å²) in [5.74, 6) is -1.41. The van der Waals surface area contributed by atoms with Gasteiger partial charge in [-0.1, -0.05) is 23.5 Å². The molecule has 1 rings (SSSR count). The van der Waals surface area contributed by atoms with Crippen LogP contribution in [0.4, 0.5) is 0 Å². The van der Waals surface area contributed by atoms with Crippen molar-refractivity contribution in [1.29, 1.82) is 0 Å². The van der Waals surface area contributed by atoms with Crippen molar-refractivity contribution in [1.82, 2.24) is 0 Å². The maximum Gasteiger partial charge on any atom is 0.375 e. The van der Waals surface area contributed by atoms with E-state index in [1.165, 1.54) is 7.11 Å². The summed E-state index contributed by atoms with van der Waals surface area (Å²) in [6.07, 6.45) is 0. The van der Waals surface area contributed by atoms with Gasteiger partial charge in [0.15, 0.2) is 4.58 Å². The minimum absolute atomic E-state index is 0.0763. The van der Waals surface area contributed by atoms with Crippen LogP contribution in [0.25, 0.3) is 0 Å². The maximum absolute atomic E-state index is 11.7. The van der Waals surface area contributed by atoms with Crippen LogP contribution in [0, 0.1) is 0 Å². The number of methoxy groups -OCH3 is 1. The van der Waals surface area contributed by atoms with Crippen molar-refractivity contribution in [2.75, 3.05) is 7.11 Å². The molecule has 5 nitrogen and oxygen atoms in total. The topological polar surface area (TPSA) is 72.8 Å². The van der Waals surface area contributed by atoms with Gasteiger partial charge in [-0.3, -0.25) is 4.79 Å². The van der Waals surface area contributed by atoms with Crippen LogP contribution in [0.5, 0.6) is 0 Å². The van der Waals surface area contributed by atoms with E-state index in [1.807, 2.05) is 0 Å². The molecule has 1 N–H and O–H groups in total. The van der Waals surface area contributed by atoms with E-state index < -0.39 is 22.1 Å². The van der Waals surface area contributed by atoms with Crippen LogP contribution in [0.1, 0.15) is 20.8 Å². The Morgan fingerprint density at radius 1 is 1.29 bits per heavy atom. The Morgan fingerprint density at radius 3 is 2.18 bits per heavy atom. The van der Waals surface area contributed by atoms with Gasteiger partial charge in [-0.15, -0.1) is 0 Å². The normalized spacial score (nSPS) is 19.3. The maximum atomic E-state index is 11.7. The van der Waals surface area contributed by atoms with E-state index in [2.05, 4.69) is 0 Å². The number of thioether (sulfide) groups is 2. The second-order valence-electron chi connectivity index (χ2n) is 4.23. The highest BCUT2D eigenvalue weighted by Crippen LogP contribution is 2.52. The van der Waals surface area contributed by atoms with Gasteiger partial charge in [0.25, 0.3) is 0 Å². The Balaban J connectivity index is 2.70. The highest BCUT2D eigenvalue weighted by Gasteiger charge is 2.37. The fourth-order valence-corrected chi connectivity index (χ4v) is 3.01. The Morgan fingerprint density at radius 2 is 1.82 bits per heavy atom. The molecule has 17 heavy (non-hydrogen) atoms. The van der Waals surface area contributed by atoms with Gasteiger partial charge in [-0.25, -0.2) is 4.79 Å². The number of esters is 1. The van der Waals surface area contributed by atoms with Crippen molar-refractivity contribution in [2.45, 2.75) is 31.0 Å². The smallest absolute Gasteiger partial charge is 0.375 e. The van der Waals surface area contributed by atoms with Crippen LogP contribution in [-0.2, 0) is 19.1 Å².